The molecule has 0 saturated carbocycles. The number of thiocarbonyl (C=S) groups is 1. The minimum absolute atomic E-state index is 0.209. The predicted octanol–water partition coefficient (Wildman–Crippen LogP) is 3.60. The second kappa shape index (κ2) is 5.53. The zero-order chi connectivity index (χ0) is 13.3. The molecular formula is C13H16BrFN2S. The van der Waals surface area contributed by atoms with Crippen LogP contribution in [0, 0.1) is 5.82 Å². The van der Waals surface area contributed by atoms with Crippen LogP contribution in [0.15, 0.2) is 16.6 Å². The number of nitrogens with zero attached hydrogens (tertiary/aromatic N) is 1. The lowest BCUT2D eigenvalue weighted by Gasteiger charge is -2.27. The molecule has 0 amide bonds. The minimum Gasteiger partial charge on any atom is -0.389 e. The van der Waals surface area contributed by atoms with Crippen molar-refractivity contribution in [2.24, 2.45) is 5.73 Å². The Morgan fingerprint density at radius 1 is 1.61 bits per heavy atom. The van der Waals surface area contributed by atoms with Gasteiger partial charge in [-0.3, -0.25) is 0 Å². The Hall–Kier alpha value is -0.680. The molecule has 1 aromatic carbocycles. The summed E-state index contributed by atoms with van der Waals surface area (Å²) >= 11 is 8.15. The molecule has 18 heavy (non-hydrogen) atoms. The fourth-order valence-corrected chi connectivity index (χ4v) is 3.38. The summed E-state index contributed by atoms with van der Waals surface area (Å²) in [5.74, 6) is -0.263. The monoisotopic (exact) mass is 330 g/mol. The van der Waals surface area contributed by atoms with Crippen molar-refractivity contribution in [3.8, 4) is 0 Å². The molecule has 2 nitrogen and oxygen atoms in total. The summed E-state index contributed by atoms with van der Waals surface area (Å²) in [6.07, 6.45) is 3.28. The topological polar surface area (TPSA) is 29.3 Å². The van der Waals surface area contributed by atoms with Gasteiger partial charge in [0.2, 0.25) is 0 Å². The highest BCUT2D eigenvalue weighted by molar-refractivity contribution is 9.10. The van der Waals surface area contributed by atoms with Crippen molar-refractivity contribution in [2.75, 3.05) is 11.4 Å². The highest BCUT2D eigenvalue weighted by Crippen LogP contribution is 2.34. The van der Waals surface area contributed by atoms with Gasteiger partial charge in [-0.1, -0.05) is 19.1 Å². The average Bonchev–Trinajstić information content (AvgIpc) is 2.80. The van der Waals surface area contributed by atoms with E-state index in [1.165, 1.54) is 0 Å². The molecule has 1 aliphatic heterocycles. The lowest BCUT2D eigenvalue weighted by Crippen LogP contribution is -2.29. The van der Waals surface area contributed by atoms with Crippen LogP contribution in [0.1, 0.15) is 31.7 Å². The van der Waals surface area contributed by atoms with E-state index in [1.54, 1.807) is 12.1 Å². The summed E-state index contributed by atoms with van der Waals surface area (Å²) < 4.78 is 14.7. The molecule has 2 rings (SSSR count). The molecule has 0 radical (unpaired) electrons. The van der Waals surface area contributed by atoms with Gasteiger partial charge in [-0.05, 0) is 47.3 Å². The van der Waals surface area contributed by atoms with Crippen LogP contribution < -0.4 is 10.6 Å². The number of benzene rings is 1. The summed E-state index contributed by atoms with van der Waals surface area (Å²) in [7, 11) is 0. The van der Waals surface area contributed by atoms with Gasteiger partial charge in [0.05, 0.1) is 10.2 Å². The second-order valence-electron chi connectivity index (χ2n) is 4.52. The number of anilines is 1. The van der Waals surface area contributed by atoms with Gasteiger partial charge < -0.3 is 10.6 Å². The van der Waals surface area contributed by atoms with E-state index in [-0.39, 0.29) is 10.8 Å². The maximum atomic E-state index is 14.4. The lowest BCUT2D eigenvalue weighted by atomic mass is 10.1. The Morgan fingerprint density at radius 2 is 2.33 bits per heavy atom. The molecule has 98 valence electrons. The van der Waals surface area contributed by atoms with Gasteiger partial charge in [-0.2, -0.15) is 0 Å². The molecule has 1 aromatic rings. The third-order valence-electron chi connectivity index (χ3n) is 3.49. The Labute approximate surface area is 120 Å². The summed E-state index contributed by atoms with van der Waals surface area (Å²) in [6.45, 7) is 3.05. The molecule has 1 atom stereocenters. The molecule has 1 heterocycles. The second-order valence-corrected chi connectivity index (χ2v) is 5.75. The zero-order valence-corrected chi connectivity index (χ0v) is 12.7. The Kier molecular flexibility index (Phi) is 4.22. The smallest absolute Gasteiger partial charge is 0.161 e. The standard InChI is InChI=1S/C13H16BrFN2S/c1-2-8-4-3-7-17(8)10-6-5-9(13(16)18)11(14)12(10)15/h5-6,8H,2-4,7H2,1H3,(H2,16,18). The van der Waals surface area contributed by atoms with Crippen molar-refractivity contribution >= 4 is 38.8 Å². The van der Waals surface area contributed by atoms with Gasteiger partial charge in [-0.25, -0.2) is 4.39 Å². The maximum absolute atomic E-state index is 14.4. The third-order valence-corrected chi connectivity index (χ3v) is 4.48. The molecule has 5 heteroatoms. The molecule has 2 N–H and O–H groups in total. The van der Waals surface area contributed by atoms with Gasteiger partial charge in [-0.15, -0.1) is 0 Å². The lowest BCUT2D eigenvalue weighted by molar-refractivity contribution is 0.592. The van der Waals surface area contributed by atoms with Crippen LogP contribution in [-0.4, -0.2) is 17.6 Å². The highest BCUT2D eigenvalue weighted by Gasteiger charge is 2.26. The van der Waals surface area contributed by atoms with E-state index in [0.29, 0.717) is 21.8 Å². The van der Waals surface area contributed by atoms with Gasteiger partial charge in [0, 0.05) is 18.2 Å². The zero-order valence-electron chi connectivity index (χ0n) is 10.2. The van der Waals surface area contributed by atoms with Crippen LogP contribution in [0.3, 0.4) is 0 Å². The summed E-state index contributed by atoms with van der Waals surface area (Å²) in [6, 6.07) is 4.00. The minimum atomic E-state index is -0.263. The molecule has 0 aliphatic carbocycles. The average molecular weight is 331 g/mol. The fourth-order valence-electron chi connectivity index (χ4n) is 2.53. The van der Waals surface area contributed by atoms with Crippen LogP contribution in [-0.2, 0) is 0 Å². The largest absolute Gasteiger partial charge is 0.389 e. The van der Waals surface area contributed by atoms with E-state index in [4.69, 9.17) is 18.0 Å². The molecule has 0 aromatic heterocycles. The first-order valence-corrected chi connectivity index (χ1v) is 7.30. The Bertz CT molecular complexity index is 478. The first-order chi connectivity index (χ1) is 8.56. The molecule has 0 bridgehead atoms. The van der Waals surface area contributed by atoms with Crippen molar-refractivity contribution in [1.82, 2.24) is 0 Å². The molecule has 1 aliphatic rings. The predicted molar refractivity (Wildman–Crippen MR) is 80.6 cm³/mol. The van der Waals surface area contributed by atoms with Gasteiger partial charge in [0.1, 0.15) is 4.99 Å². The van der Waals surface area contributed by atoms with E-state index in [2.05, 4.69) is 27.8 Å². The van der Waals surface area contributed by atoms with E-state index >= 15 is 0 Å². The van der Waals surface area contributed by atoms with Crippen LogP contribution >= 0.6 is 28.1 Å². The Morgan fingerprint density at radius 3 is 2.94 bits per heavy atom. The highest BCUT2D eigenvalue weighted by atomic mass is 79.9. The number of halogens is 2. The summed E-state index contributed by atoms with van der Waals surface area (Å²) in [5, 5.41) is 0. The first kappa shape index (κ1) is 13.7. The normalized spacial score (nSPS) is 19.3. The quantitative estimate of drug-likeness (QED) is 0.858. The van der Waals surface area contributed by atoms with Gasteiger partial charge in [0.15, 0.2) is 5.82 Å². The fraction of sp³-hybridized carbons (Fsp3) is 0.462. The summed E-state index contributed by atoms with van der Waals surface area (Å²) in [5.41, 5.74) is 6.76. The van der Waals surface area contributed by atoms with Crippen molar-refractivity contribution in [3.63, 3.8) is 0 Å². The maximum Gasteiger partial charge on any atom is 0.161 e. The van der Waals surface area contributed by atoms with Crippen LogP contribution in [0.5, 0.6) is 0 Å². The van der Waals surface area contributed by atoms with Gasteiger partial charge >= 0.3 is 0 Å². The van der Waals surface area contributed by atoms with Crippen molar-refractivity contribution < 1.29 is 4.39 Å². The number of rotatable bonds is 3. The summed E-state index contributed by atoms with van der Waals surface area (Å²) in [4.78, 5) is 2.35. The first-order valence-electron chi connectivity index (χ1n) is 6.10. The molecule has 0 spiro atoms. The Balaban J connectivity index is 2.41. The van der Waals surface area contributed by atoms with Crippen molar-refractivity contribution in [3.05, 3.63) is 28.0 Å². The van der Waals surface area contributed by atoms with Crippen molar-refractivity contribution in [2.45, 2.75) is 32.2 Å². The van der Waals surface area contributed by atoms with E-state index in [9.17, 15) is 4.39 Å². The van der Waals surface area contributed by atoms with E-state index in [1.807, 2.05) is 0 Å². The number of nitrogens with two attached hydrogens (primary N) is 1. The SMILES string of the molecule is CCC1CCCN1c1ccc(C(N)=S)c(Br)c1F. The van der Waals surface area contributed by atoms with Gasteiger partial charge in [0.25, 0.3) is 0 Å². The molecule has 1 saturated heterocycles. The van der Waals surface area contributed by atoms with Crippen molar-refractivity contribution in [1.29, 1.82) is 0 Å². The van der Waals surface area contributed by atoms with E-state index in [0.717, 1.165) is 25.8 Å². The van der Waals surface area contributed by atoms with E-state index < -0.39 is 0 Å². The number of hydrogen-bond acceptors (Lipinski definition) is 2. The molecule has 1 unspecified atom stereocenters. The molecule has 1 fully saturated rings. The number of hydrogen-bond donors (Lipinski definition) is 1. The third kappa shape index (κ3) is 2.38. The van der Waals surface area contributed by atoms with Crippen LogP contribution in [0.25, 0.3) is 0 Å². The van der Waals surface area contributed by atoms with Crippen LogP contribution in [0.4, 0.5) is 10.1 Å². The molecular weight excluding hydrogens is 315 g/mol. The van der Waals surface area contributed by atoms with Crippen LogP contribution in [0.2, 0.25) is 0 Å².